The molecule has 1 aromatic rings. The second-order valence-electron chi connectivity index (χ2n) is 7.61. The van der Waals surface area contributed by atoms with Crippen molar-refractivity contribution in [2.24, 2.45) is 5.92 Å². The van der Waals surface area contributed by atoms with Crippen LogP contribution >= 0.6 is 0 Å². The fraction of sp³-hybridized carbons (Fsp3) is 0.667. The Kier molecular flexibility index (Phi) is 5.76. The van der Waals surface area contributed by atoms with Gasteiger partial charge in [-0.2, -0.15) is 0 Å². The van der Waals surface area contributed by atoms with Gasteiger partial charge in [-0.05, 0) is 44.4 Å². The fourth-order valence-corrected chi connectivity index (χ4v) is 3.79. The molecule has 8 nitrogen and oxygen atoms in total. The van der Waals surface area contributed by atoms with Crippen molar-refractivity contribution in [1.29, 1.82) is 0 Å². The first-order chi connectivity index (χ1) is 12.8. The summed E-state index contributed by atoms with van der Waals surface area (Å²) in [6.45, 7) is 2.98. The van der Waals surface area contributed by atoms with Crippen LogP contribution in [0.15, 0.2) is 6.07 Å². The molecule has 2 fully saturated rings. The van der Waals surface area contributed by atoms with Crippen molar-refractivity contribution in [1.82, 2.24) is 10.3 Å². The Balaban J connectivity index is 1.87. The number of pyridine rings is 1. The number of carbonyl (C=O) groups excluding carboxylic acids is 1. The third-order valence-electron chi connectivity index (χ3n) is 5.53. The van der Waals surface area contributed by atoms with Crippen LogP contribution in [0.25, 0.3) is 0 Å². The average Bonchev–Trinajstić information content (AvgIpc) is 2.63. The zero-order valence-electron chi connectivity index (χ0n) is 15.5. The van der Waals surface area contributed by atoms with E-state index >= 15 is 0 Å². The minimum absolute atomic E-state index is 0.0507. The van der Waals surface area contributed by atoms with E-state index in [1.54, 1.807) is 4.90 Å². The highest BCUT2D eigenvalue weighted by atomic mass is 19.1. The van der Waals surface area contributed by atoms with Gasteiger partial charge < -0.3 is 16.0 Å². The zero-order valence-corrected chi connectivity index (χ0v) is 15.5. The lowest BCUT2D eigenvalue weighted by atomic mass is 9.87. The minimum Gasteiger partial charge on any atom is -0.378 e. The molecule has 0 aromatic carbocycles. The number of carbonyl (C=O) groups is 1. The van der Waals surface area contributed by atoms with Gasteiger partial charge in [-0.3, -0.25) is 14.9 Å². The summed E-state index contributed by atoms with van der Waals surface area (Å²) in [5, 5.41) is 14.2. The Morgan fingerprint density at radius 1 is 1.30 bits per heavy atom. The van der Waals surface area contributed by atoms with Gasteiger partial charge in [0.1, 0.15) is 12.0 Å². The zero-order chi connectivity index (χ0) is 19.6. The lowest BCUT2D eigenvalue weighted by molar-refractivity contribution is -0.384. The normalized spacial score (nSPS) is 23.9. The number of nitrogens with one attached hydrogen (secondary N) is 1. The second kappa shape index (κ2) is 8.06. The Labute approximate surface area is 157 Å². The lowest BCUT2D eigenvalue weighted by Crippen LogP contribution is -2.40. The average molecular weight is 379 g/mol. The molecule has 148 valence electrons. The maximum atomic E-state index is 13.5. The predicted octanol–water partition coefficient (Wildman–Crippen LogP) is 2.82. The molecule has 2 heterocycles. The molecule has 0 spiro atoms. The van der Waals surface area contributed by atoms with E-state index < -0.39 is 11.1 Å². The number of amides is 1. The number of hydrogen-bond acceptors (Lipinski definition) is 6. The van der Waals surface area contributed by atoms with Crippen molar-refractivity contribution in [3.05, 3.63) is 21.7 Å². The van der Waals surface area contributed by atoms with Crippen LogP contribution in [0.2, 0.25) is 0 Å². The number of rotatable bonds is 4. The van der Waals surface area contributed by atoms with Crippen LogP contribution in [-0.2, 0) is 0 Å². The van der Waals surface area contributed by atoms with E-state index in [2.05, 4.69) is 17.2 Å². The first-order valence-electron chi connectivity index (χ1n) is 9.50. The molecule has 3 N–H and O–H groups in total. The fourth-order valence-electron chi connectivity index (χ4n) is 3.79. The number of halogens is 1. The largest absolute Gasteiger partial charge is 0.378 e. The van der Waals surface area contributed by atoms with Crippen LogP contribution in [-0.4, -0.2) is 41.1 Å². The first-order valence-corrected chi connectivity index (χ1v) is 9.50. The van der Waals surface area contributed by atoms with Crippen molar-refractivity contribution in [3.8, 4) is 0 Å². The Hall–Kier alpha value is -2.45. The monoisotopic (exact) mass is 379 g/mol. The summed E-state index contributed by atoms with van der Waals surface area (Å²) in [7, 11) is 0. The summed E-state index contributed by atoms with van der Waals surface area (Å²) in [5.41, 5.74) is 5.48. The molecular formula is C18H26FN5O3. The molecule has 0 unspecified atom stereocenters. The molecule has 2 aliphatic rings. The van der Waals surface area contributed by atoms with E-state index in [4.69, 9.17) is 5.73 Å². The number of anilines is 2. The van der Waals surface area contributed by atoms with Crippen LogP contribution in [0.5, 0.6) is 0 Å². The number of alkyl halides is 1. The molecule has 1 saturated carbocycles. The predicted molar refractivity (Wildman–Crippen MR) is 101 cm³/mol. The molecular weight excluding hydrogens is 353 g/mol. The summed E-state index contributed by atoms with van der Waals surface area (Å²) in [6.07, 6.45) is 3.66. The molecule has 0 bridgehead atoms. The van der Waals surface area contributed by atoms with Gasteiger partial charge in [0, 0.05) is 25.2 Å². The quantitative estimate of drug-likeness (QED) is 0.614. The topological polar surface area (TPSA) is 114 Å². The molecule has 3 rings (SSSR count). The van der Waals surface area contributed by atoms with Crippen molar-refractivity contribution >= 4 is 23.2 Å². The summed E-state index contributed by atoms with van der Waals surface area (Å²) in [4.78, 5) is 29.4. The van der Waals surface area contributed by atoms with Crippen molar-refractivity contribution < 1.29 is 14.1 Å². The van der Waals surface area contributed by atoms with Gasteiger partial charge in [0.2, 0.25) is 5.82 Å². The highest BCUT2D eigenvalue weighted by Crippen LogP contribution is 2.31. The van der Waals surface area contributed by atoms with E-state index in [1.165, 1.54) is 6.07 Å². The maximum Gasteiger partial charge on any atom is 0.312 e. The third-order valence-corrected chi connectivity index (χ3v) is 5.53. The van der Waals surface area contributed by atoms with Gasteiger partial charge in [-0.1, -0.05) is 6.92 Å². The molecule has 9 heteroatoms. The number of hydrogen-bond donors (Lipinski definition) is 2. The van der Waals surface area contributed by atoms with Crippen LogP contribution < -0.4 is 16.0 Å². The highest BCUT2D eigenvalue weighted by Gasteiger charge is 2.29. The number of nitrogen functional groups attached to an aromatic ring is 1. The lowest BCUT2D eigenvalue weighted by Gasteiger charge is -2.31. The summed E-state index contributed by atoms with van der Waals surface area (Å²) >= 11 is 0. The molecule has 1 amide bonds. The van der Waals surface area contributed by atoms with E-state index in [0.717, 1.165) is 25.7 Å². The van der Waals surface area contributed by atoms with Gasteiger partial charge >= 0.3 is 5.69 Å². The van der Waals surface area contributed by atoms with Gasteiger partial charge in [0.05, 0.1) is 10.5 Å². The minimum atomic E-state index is -0.877. The van der Waals surface area contributed by atoms with Gasteiger partial charge in [0.25, 0.3) is 5.91 Å². The third kappa shape index (κ3) is 4.45. The van der Waals surface area contributed by atoms with Crippen LogP contribution in [0.1, 0.15) is 55.8 Å². The standard InChI is InChI=1S/C18H26FN5O3/c1-11-2-4-13(5-3-11)21-18(25)14-10-15(24(26)27)16(20)22-17(14)23-8-6-12(19)7-9-23/h10-13H,2-9H2,1H3,(H2,20,22)(H,21,25)/t11-,13-. The Bertz CT molecular complexity index is 713. The molecule has 1 aliphatic heterocycles. The number of aromatic nitrogens is 1. The number of nitrogens with zero attached hydrogens (tertiary/aromatic N) is 3. The summed E-state index contributed by atoms with van der Waals surface area (Å²) in [6, 6.07) is 1.25. The molecule has 27 heavy (non-hydrogen) atoms. The smallest absolute Gasteiger partial charge is 0.312 e. The Morgan fingerprint density at radius 3 is 2.52 bits per heavy atom. The van der Waals surface area contributed by atoms with Crippen LogP contribution in [0.4, 0.5) is 21.7 Å². The van der Waals surface area contributed by atoms with Crippen LogP contribution in [0, 0.1) is 16.0 Å². The molecule has 1 saturated heterocycles. The van der Waals surface area contributed by atoms with Gasteiger partial charge in [-0.25, -0.2) is 9.37 Å². The van der Waals surface area contributed by atoms with Gasteiger partial charge in [0.15, 0.2) is 0 Å². The maximum absolute atomic E-state index is 13.5. The first kappa shape index (κ1) is 19.3. The van der Waals surface area contributed by atoms with Crippen molar-refractivity contribution in [2.75, 3.05) is 23.7 Å². The van der Waals surface area contributed by atoms with Crippen LogP contribution in [0.3, 0.4) is 0 Å². The summed E-state index contributed by atoms with van der Waals surface area (Å²) in [5.74, 6) is 0.324. The van der Waals surface area contributed by atoms with E-state index in [-0.39, 0.29) is 29.0 Å². The second-order valence-corrected chi connectivity index (χ2v) is 7.61. The molecule has 0 radical (unpaired) electrons. The van der Waals surface area contributed by atoms with E-state index in [0.29, 0.717) is 37.7 Å². The van der Waals surface area contributed by atoms with Crippen molar-refractivity contribution in [2.45, 2.75) is 57.7 Å². The molecule has 1 aliphatic carbocycles. The number of nitro groups is 1. The van der Waals surface area contributed by atoms with Gasteiger partial charge in [-0.15, -0.1) is 0 Å². The van der Waals surface area contributed by atoms with E-state index in [9.17, 15) is 19.3 Å². The molecule has 1 aromatic heterocycles. The SMILES string of the molecule is C[C@H]1CC[C@H](NC(=O)c2cc([N+](=O)[O-])c(N)nc2N2CCC(F)CC2)CC1. The molecule has 0 atom stereocenters. The van der Waals surface area contributed by atoms with Crippen molar-refractivity contribution in [3.63, 3.8) is 0 Å². The Morgan fingerprint density at radius 2 is 1.93 bits per heavy atom. The van der Waals surface area contributed by atoms with E-state index in [1.807, 2.05) is 0 Å². The summed E-state index contributed by atoms with van der Waals surface area (Å²) < 4.78 is 13.5. The number of nitrogens with two attached hydrogens (primary N) is 1. The number of piperidine rings is 1. The highest BCUT2D eigenvalue weighted by molar-refractivity contribution is 6.00.